The third kappa shape index (κ3) is 5.77. The molecule has 0 atom stereocenters. The molecule has 2 N–H and O–H groups in total. The second kappa shape index (κ2) is 9.46. The van der Waals surface area contributed by atoms with Crippen molar-refractivity contribution in [2.24, 2.45) is 11.8 Å². The first kappa shape index (κ1) is 19.3. The molecule has 0 saturated heterocycles. The molecule has 25 heavy (non-hydrogen) atoms. The van der Waals surface area contributed by atoms with Crippen molar-refractivity contribution < 1.29 is 23.1 Å². The standard InChI is InChI=1S/C18H24F2N2O3/c1-25-10-2-9-21-17(23)12-3-5-13(6-4-12)18(24)22-14-7-8-15(19)16(20)11-14/h7-8,11-13H,2-6,9-10H2,1H3,(H,21,23)(H,22,24). The Morgan fingerprint density at radius 3 is 2.32 bits per heavy atom. The Labute approximate surface area is 146 Å². The van der Waals surface area contributed by atoms with E-state index < -0.39 is 11.6 Å². The molecule has 1 aromatic rings. The molecule has 5 nitrogen and oxygen atoms in total. The van der Waals surface area contributed by atoms with E-state index in [1.165, 1.54) is 6.07 Å². The molecule has 0 aromatic heterocycles. The Morgan fingerprint density at radius 1 is 1.08 bits per heavy atom. The van der Waals surface area contributed by atoms with Crippen molar-refractivity contribution in [1.82, 2.24) is 5.32 Å². The molecule has 1 aliphatic rings. The first-order valence-corrected chi connectivity index (χ1v) is 8.54. The molecule has 1 saturated carbocycles. The Balaban J connectivity index is 1.76. The number of methoxy groups -OCH3 is 1. The highest BCUT2D eigenvalue weighted by atomic mass is 19.2. The van der Waals surface area contributed by atoms with Gasteiger partial charge in [-0.05, 0) is 44.2 Å². The lowest BCUT2D eigenvalue weighted by Gasteiger charge is -2.27. The summed E-state index contributed by atoms with van der Waals surface area (Å²) in [5, 5.41) is 5.50. The number of rotatable bonds is 7. The highest BCUT2D eigenvalue weighted by molar-refractivity contribution is 5.92. The molecule has 1 aromatic carbocycles. The Hall–Kier alpha value is -2.02. The molecule has 7 heteroatoms. The average Bonchev–Trinajstić information content (AvgIpc) is 2.62. The molecule has 138 valence electrons. The maximum atomic E-state index is 13.2. The van der Waals surface area contributed by atoms with Gasteiger partial charge in [-0.15, -0.1) is 0 Å². The third-order valence-corrected chi connectivity index (χ3v) is 4.48. The second-order valence-corrected chi connectivity index (χ2v) is 6.30. The van der Waals surface area contributed by atoms with Gasteiger partial charge in [-0.25, -0.2) is 8.78 Å². The quantitative estimate of drug-likeness (QED) is 0.740. The van der Waals surface area contributed by atoms with Gasteiger partial charge in [-0.1, -0.05) is 0 Å². The largest absolute Gasteiger partial charge is 0.385 e. The minimum atomic E-state index is -0.994. The summed E-state index contributed by atoms with van der Waals surface area (Å²) in [6.07, 6.45) is 3.27. The van der Waals surface area contributed by atoms with Crippen LogP contribution < -0.4 is 10.6 Å². The molecule has 0 heterocycles. The van der Waals surface area contributed by atoms with Crippen molar-refractivity contribution >= 4 is 17.5 Å². The minimum Gasteiger partial charge on any atom is -0.385 e. The van der Waals surface area contributed by atoms with Crippen molar-refractivity contribution in [3.05, 3.63) is 29.8 Å². The first-order valence-electron chi connectivity index (χ1n) is 8.54. The van der Waals surface area contributed by atoms with Gasteiger partial charge in [0.05, 0.1) is 0 Å². The smallest absolute Gasteiger partial charge is 0.227 e. The van der Waals surface area contributed by atoms with Gasteiger partial charge in [0.15, 0.2) is 11.6 Å². The lowest BCUT2D eigenvalue weighted by atomic mass is 9.81. The maximum Gasteiger partial charge on any atom is 0.227 e. The summed E-state index contributed by atoms with van der Waals surface area (Å²) in [7, 11) is 1.62. The normalized spacial score (nSPS) is 20.1. The Morgan fingerprint density at radius 2 is 1.72 bits per heavy atom. The summed E-state index contributed by atoms with van der Waals surface area (Å²) in [5.41, 5.74) is 0.238. The van der Waals surface area contributed by atoms with Crippen molar-refractivity contribution in [3.63, 3.8) is 0 Å². The number of benzene rings is 1. The van der Waals surface area contributed by atoms with E-state index in [9.17, 15) is 18.4 Å². The number of ether oxygens (including phenoxy) is 1. The van der Waals surface area contributed by atoms with Gasteiger partial charge in [-0.2, -0.15) is 0 Å². The summed E-state index contributed by atoms with van der Waals surface area (Å²) in [6.45, 7) is 1.19. The monoisotopic (exact) mass is 354 g/mol. The highest BCUT2D eigenvalue weighted by Gasteiger charge is 2.29. The van der Waals surface area contributed by atoms with Crippen LogP contribution in [0.5, 0.6) is 0 Å². The number of hydrogen-bond acceptors (Lipinski definition) is 3. The van der Waals surface area contributed by atoms with Crippen LogP contribution in [0, 0.1) is 23.5 Å². The van der Waals surface area contributed by atoms with Crippen molar-refractivity contribution in [3.8, 4) is 0 Å². The van der Waals surface area contributed by atoms with E-state index in [-0.39, 0.29) is 29.3 Å². The van der Waals surface area contributed by atoms with Crippen LogP contribution in [0.15, 0.2) is 18.2 Å². The summed E-state index contributed by atoms with van der Waals surface area (Å²) >= 11 is 0. The first-order chi connectivity index (χ1) is 12.0. The van der Waals surface area contributed by atoms with Crippen LogP contribution in [-0.4, -0.2) is 32.1 Å². The highest BCUT2D eigenvalue weighted by Crippen LogP contribution is 2.30. The molecule has 0 bridgehead atoms. The van der Waals surface area contributed by atoms with E-state index in [2.05, 4.69) is 10.6 Å². The molecule has 0 aliphatic heterocycles. The Bertz CT molecular complexity index is 602. The van der Waals surface area contributed by atoms with Crippen LogP contribution in [0.4, 0.5) is 14.5 Å². The zero-order valence-corrected chi connectivity index (χ0v) is 14.3. The number of halogens is 2. The van der Waals surface area contributed by atoms with Gasteiger partial charge < -0.3 is 15.4 Å². The molecule has 1 aliphatic carbocycles. The molecule has 2 amide bonds. The lowest BCUT2D eigenvalue weighted by molar-refractivity contribution is -0.128. The topological polar surface area (TPSA) is 67.4 Å². The molecule has 1 fully saturated rings. The predicted molar refractivity (Wildman–Crippen MR) is 89.9 cm³/mol. The number of hydrogen-bond donors (Lipinski definition) is 2. The van der Waals surface area contributed by atoms with Gasteiger partial charge in [0.2, 0.25) is 11.8 Å². The predicted octanol–water partition coefficient (Wildman–Crippen LogP) is 2.86. The molecule has 0 unspecified atom stereocenters. The number of amides is 2. The average molecular weight is 354 g/mol. The van der Waals surface area contributed by atoms with Crippen molar-refractivity contribution in [2.75, 3.05) is 25.6 Å². The lowest BCUT2D eigenvalue weighted by Crippen LogP contribution is -2.36. The van der Waals surface area contributed by atoms with Crippen LogP contribution in [0.25, 0.3) is 0 Å². The zero-order valence-electron chi connectivity index (χ0n) is 14.3. The third-order valence-electron chi connectivity index (χ3n) is 4.48. The number of carbonyl (C=O) groups excluding carboxylic acids is 2. The summed E-state index contributed by atoms with van der Waals surface area (Å²) in [4.78, 5) is 24.3. The fourth-order valence-electron chi connectivity index (χ4n) is 3.01. The maximum absolute atomic E-state index is 13.2. The Kier molecular flexibility index (Phi) is 7.31. The van der Waals surface area contributed by atoms with Crippen LogP contribution >= 0.6 is 0 Å². The zero-order chi connectivity index (χ0) is 18.2. The molecule has 0 radical (unpaired) electrons. The van der Waals surface area contributed by atoms with Gasteiger partial charge in [0.25, 0.3) is 0 Å². The number of carbonyl (C=O) groups is 2. The van der Waals surface area contributed by atoms with Crippen molar-refractivity contribution in [2.45, 2.75) is 32.1 Å². The number of nitrogens with one attached hydrogen (secondary N) is 2. The van der Waals surface area contributed by atoms with Gasteiger partial charge >= 0.3 is 0 Å². The molecular weight excluding hydrogens is 330 g/mol. The van der Waals surface area contributed by atoms with Crippen molar-refractivity contribution in [1.29, 1.82) is 0 Å². The minimum absolute atomic E-state index is 0.0237. The molecule has 2 rings (SSSR count). The van der Waals surface area contributed by atoms with Gasteiger partial charge in [0.1, 0.15) is 0 Å². The number of anilines is 1. The summed E-state index contributed by atoms with van der Waals surface area (Å²) in [5.74, 6) is -2.43. The van der Waals surface area contributed by atoms with E-state index >= 15 is 0 Å². The SMILES string of the molecule is COCCCNC(=O)C1CCC(C(=O)Nc2ccc(F)c(F)c2)CC1. The fourth-order valence-corrected chi connectivity index (χ4v) is 3.01. The van der Waals surface area contributed by atoms with Crippen LogP contribution in [0.1, 0.15) is 32.1 Å². The molecular formula is C18H24F2N2O3. The van der Waals surface area contributed by atoms with Gasteiger partial charge in [0, 0.05) is 43.9 Å². The van der Waals surface area contributed by atoms with Crippen LogP contribution in [0.3, 0.4) is 0 Å². The summed E-state index contributed by atoms with van der Waals surface area (Å²) in [6, 6.07) is 3.28. The summed E-state index contributed by atoms with van der Waals surface area (Å²) < 4.78 is 31.0. The van der Waals surface area contributed by atoms with E-state index in [0.717, 1.165) is 18.6 Å². The molecule has 0 spiro atoms. The van der Waals surface area contributed by atoms with E-state index in [4.69, 9.17) is 4.74 Å². The van der Waals surface area contributed by atoms with E-state index in [1.54, 1.807) is 7.11 Å². The van der Waals surface area contributed by atoms with E-state index in [0.29, 0.717) is 38.8 Å². The van der Waals surface area contributed by atoms with Crippen LogP contribution in [0.2, 0.25) is 0 Å². The van der Waals surface area contributed by atoms with Crippen LogP contribution in [-0.2, 0) is 14.3 Å². The van der Waals surface area contributed by atoms with E-state index in [1.807, 2.05) is 0 Å². The fraction of sp³-hybridized carbons (Fsp3) is 0.556. The second-order valence-electron chi connectivity index (χ2n) is 6.30. The van der Waals surface area contributed by atoms with Gasteiger partial charge in [-0.3, -0.25) is 9.59 Å².